The predicted molar refractivity (Wildman–Crippen MR) is 59.5 cm³/mol. The summed E-state index contributed by atoms with van der Waals surface area (Å²) >= 11 is 0. The molecule has 2 rings (SSSR count). The molecule has 82 valence electrons. The molecule has 2 aromatic rings. The SMILES string of the molecule is Cc1cccc(Cn2cnc(C(=O)O)c2)c1. The average Bonchev–Trinajstić information content (AvgIpc) is 2.66. The molecule has 0 aliphatic rings. The van der Waals surface area contributed by atoms with Gasteiger partial charge in [-0.3, -0.25) is 0 Å². The number of carboxylic acid groups (broad SMARTS) is 1. The van der Waals surface area contributed by atoms with E-state index in [9.17, 15) is 4.79 Å². The van der Waals surface area contributed by atoms with E-state index < -0.39 is 5.97 Å². The average molecular weight is 216 g/mol. The number of benzene rings is 1. The number of aromatic carboxylic acids is 1. The van der Waals surface area contributed by atoms with Gasteiger partial charge in [-0.25, -0.2) is 9.78 Å². The zero-order chi connectivity index (χ0) is 11.5. The Hall–Kier alpha value is -2.10. The molecule has 0 atom stereocenters. The third-order valence-corrected chi connectivity index (χ3v) is 2.30. The van der Waals surface area contributed by atoms with Crippen LogP contribution in [0, 0.1) is 6.92 Å². The summed E-state index contributed by atoms with van der Waals surface area (Å²) in [6.45, 7) is 2.67. The Labute approximate surface area is 93.2 Å². The zero-order valence-electron chi connectivity index (χ0n) is 8.92. The molecule has 1 N–H and O–H groups in total. The van der Waals surface area contributed by atoms with E-state index in [4.69, 9.17) is 5.11 Å². The Bertz CT molecular complexity index is 517. The summed E-state index contributed by atoms with van der Waals surface area (Å²) in [6, 6.07) is 8.09. The van der Waals surface area contributed by atoms with Crippen LogP contribution < -0.4 is 0 Å². The van der Waals surface area contributed by atoms with Gasteiger partial charge in [-0.1, -0.05) is 29.8 Å². The van der Waals surface area contributed by atoms with E-state index in [0.717, 1.165) is 5.56 Å². The largest absolute Gasteiger partial charge is 0.476 e. The predicted octanol–water partition coefficient (Wildman–Crippen LogP) is 1.94. The Morgan fingerprint density at radius 3 is 2.94 bits per heavy atom. The van der Waals surface area contributed by atoms with Crippen molar-refractivity contribution in [2.45, 2.75) is 13.5 Å². The number of aromatic nitrogens is 2. The molecule has 1 aromatic heterocycles. The van der Waals surface area contributed by atoms with Gasteiger partial charge in [-0.15, -0.1) is 0 Å². The van der Waals surface area contributed by atoms with Crippen LogP contribution in [0.1, 0.15) is 21.6 Å². The van der Waals surface area contributed by atoms with Gasteiger partial charge in [0, 0.05) is 12.7 Å². The van der Waals surface area contributed by atoms with Gasteiger partial charge in [0.2, 0.25) is 0 Å². The lowest BCUT2D eigenvalue weighted by Gasteiger charge is -2.02. The maximum atomic E-state index is 10.6. The van der Waals surface area contributed by atoms with Crippen LogP contribution in [-0.2, 0) is 6.54 Å². The topological polar surface area (TPSA) is 55.1 Å². The van der Waals surface area contributed by atoms with Crippen molar-refractivity contribution in [1.82, 2.24) is 9.55 Å². The Morgan fingerprint density at radius 2 is 2.31 bits per heavy atom. The summed E-state index contributed by atoms with van der Waals surface area (Å²) in [5.74, 6) is -0.997. The lowest BCUT2D eigenvalue weighted by Crippen LogP contribution is -1.98. The summed E-state index contributed by atoms with van der Waals surface area (Å²) in [5, 5.41) is 8.73. The van der Waals surface area contributed by atoms with Crippen molar-refractivity contribution in [2.75, 3.05) is 0 Å². The van der Waals surface area contributed by atoms with Gasteiger partial charge in [-0.2, -0.15) is 0 Å². The second-order valence-corrected chi connectivity index (χ2v) is 3.73. The van der Waals surface area contributed by atoms with Crippen molar-refractivity contribution >= 4 is 5.97 Å². The second-order valence-electron chi connectivity index (χ2n) is 3.73. The van der Waals surface area contributed by atoms with E-state index in [2.05, 4.69) is 11.1 Å². The molecule has 4 nitrogen and oxygen atoms in total. The van der Waals surface area contributed by atoms with Gasteiger partial charge >= 0.3 is 5.97 Å². The van der Waals surface area contributed by atoms with Crippen molar-refractivity contribution in [1.29, 1.82) is 0 Å². The molecule has 16 heavy (non-hydrogen) atoms. The summed E-state index contributed by atoms with van der Waals surface area (Å²) in [5.41, 5.74) is 2.40. The molecule has 0 saturated carbocycles. The Morgan fingerprint density at radius 1 is 1.50 bits per heavy atom. The lowest BCUT2D eigenvalue weighted by molar-refractivity contribution is 0.0691. The molecular formula is C12H12N2O2. The van der Waals surface area contributed by atoms with Gasteiger partial charge < -0.3 is 9.67 Å². The normalized spacial score (nSPS) is 10.3. The molecule has 1 aromatic carbocycles. The summed E-state index contributed by atoms with van der Waals surface area (Å²) in [7, 11) is 0. The zero-order valence-corrected chi connectivity index (χ0v) is 8.92. The first-order chi connectivity index (χ1) is 7.65. The van der Waals surface area contributed by atoms with Crippen molar-refractivity contribution in [3.63, 3.8) is 0 Å². The van der Waals surface area contributed by atoms with Crippen molar-refractivity contribution < 1.29 is 9.90 Å². The molecule has 0 spiro atoms. The number of carbonyl (C=O) groups is 1. The summed E-state index contributed by atoms with van der Waals surface area (Å²) in [6.07, 6.45) is 3.07. The first-order valence-electron chi connectivity index (χ1n) is 4.96. The second kappa shape index (κ2) is 4.18. The molecule has 0 fully saturated rings. The molecule has 0 radical (unpaired) electrons. The number of rotatable bonds is 3. The van der Waals surface area contributed by atoms with Crippen LogP contribution in [0.2, 0.25) is 0 Å². The number of hydrogen-bond acceptors (Lipinski definition) is 2. The minimum Gasteiger partial charge on any atom is -0.476 e. The van der Waals surface area contributed by atoms with Crippen LogP contribution in [0.15, 0.2) is 36.8 Å². The number of imidazole rings is 1. The highest BCUT2D eigenvalue weighted by atomic mass is 16.4. The fourth-order valence-corrected chi connectivity index (χ4v) is 1.58. The minimum absolute atomic E-state index is 0.0765. The highest BCUT2D eigenvalue weighted by Crippen LogP contribution is 2.07. The number of hydrogen-bond donors (Lipinski definition) is 1. The standard InChI is InChI=1S/C12H12N2O2/c1-9-3-2-4-10(5-9)6-14-7-11(12(15)16)13-8-14/h2-5,7-8H,6H2,1H3,(H,15,16). The number of aryl methyl sites for hydroxylation is 1. The maximum absolute atomic E-state index is 10.6. The van der Waals surface area contributed by atoms with Gasteiger partial charge in [-0.05, 0) is 12.5 Å². The van der Waals surface area contributed by atoms with E-state index in [-0.39, 0.29) is 5.69 Å². The molecule has 1 heterocycles. The quantitative estimate of drug-likeness (QED) is 0.853. The first kappa shape index (κ1) is 10.4. The van der Waals surface area contributed by atoms with Crippen molar-refractivity contribution in [2.24, 2.45) is 0 Å². The van der Waals surface area contributed by atoms with E-state index >= 15 is 0 Å². The van der Waals surface area contributed by atoms with Gasteiger partial charge in [0.25, 0.3) is 0 Å². The third-order valence-electron chi connectivity index (χ3n) is 2.30. The molecular weight excluding hydrogens is 204 g/mol. The molecule has 4 heteroatoms. The fraction of sp³-hybridized carbons (Fsp3) is 0.167. The smallest absolute Gasteiger partial charge is 0.356 e. The van der Waals surface area contributed by atoms with E-state index in [1.165, 1.54) is 18.1 Å². The molecule has 0 bridgehead atoms. The highest BCUT2D eigenvalue weighted by Gasteiger charge is 2.06. The lowest BCUT2D eigenvalue weighted by atomic mass is 10.1. The van der Waals surface area contributed by atoms with Crippen LogP contribution >= 0.6 is 0 Å². The van der Waals surface area contributed by atoms with E-state index in [0.29, 0.717) is 6.54 Å². The molecule has 0 amide bonds. The van der Waals surface area contributed by atoms with Crippen molar-refractivity contribution in [3.8, 4) is 0 Å². The maximum Gasteiger partial charge on any atom is 0.356 e. The fourth-order valence-electron chi connectivity index (χ4n) is 1.58. The van der Waals surface area contributed by atoms with Gasteiger partial charge in [0.15, 0.2) is 5.69 Å². The summed E-state index contributed by atoms with van der Waals surface area (Å²) in [4.78, 5) is 14.4. The van der Waals surface area contributed by atoms with Crippen LogP contribution in [-0.4, -0.2) is 20.6 Å². The van der Waals surface area contributed by atoms with Gasteiger partial charge in [0.1, 0.15) is 0 Å². The number of nitrogens with zero attached hydrogens (tertiary/aromatic N) is 2. The third kappa shape index (κ3) is 2.28. The van der Waals surface area contributed by atoms with Crippen LogP contribution in [0.3, 0.4) is 0 Å². The number of carboxylic acids is 1. The van der Waals surface area contributed by atoms with Crippen LogP contribution in [0.25, 0.3) is 0 Å². The first-order valence-corrected chi connectivity index (χ1v) is 4.96. The molecule has 0 saturated heterocycles. The monoisotopic (exact) mass is 216 g/mol. The van der Waals surface area contributed by atoms with E-state index in [1.807, 2.05) is 25.1 Å². The Balaban J connectivity index is 2.17. The summed E-state index contributed by atoms with van der Waals surface area (Å²) < 4.78 is 1.76. The highest BCUT2D eigenvalue weighted by molar-refractivity contribution is 5.84. The molecule has 0 unspecified atom stereocenters. The molecule has 0 aliphatic heterocycles. The van der Waals surface area contributed by atoms with Crippen molar-refractivity contribution in [3.05, 3.63) is 53.6 Å². The van der Waals surface area contributed by atoms with Crippen LogP contribution in [0.4, 0.5) is 0 Å². The van der Waals surface area contributed by atoms with E-state index in [1.54, 1.807) is 4.57 Å². The Kier molecular flexibility index (Phi) is 2.72. The minimum atomic E-state index is -0.997. The molecule has 0 aliphatic carbocycles. The van der Waals surface area contributed by atoms with Gasteiger partial charge in [0.05, 0.1) is 6.33 Å². The van der Waals surface area contributed by atoms with Crippen LogP contribution in [0.5, 0.6) is 0 Å².